The van der Waals surface area contributed by atoms with Crippen molar-refractivity contribution in [1.82, 2.24) is 15.2 Å². The third kappa shape index (κ3) is 3.42. The summed E-state index contributed by atoms with van der Waals surface area (Å²) in [5.41, 5.74) is 3.21. The summed E-state index contributed by atoms with van der Waals surface area (Å²) in [4.78, 5) is 19.1. The van der Waals surface area contributed by atoms with Crippen molar-refractivity contribution in [3.8, 4) is 22.9 Å². The fraction of sp³-hybridized carbons (Fsp3) is 0.143. The van der Waals surface area contributed by atoms with E-state index in [9.17, 15) is 4.79 Å². The second kappa shape index (κ2) is 7.56. The van der Waals surface area contributed by atoms with Crippen LogP contribution in [0.2, 0.25) is 0 Å². The highest BCUT2D eigenvalue weighted by atomic mass is 32.2. The Hall–Kier alpha value is -3.39. The summed E-state index contributed by atoms with van der Waals surface area (Å²) in [5, 5.41) is 8.86. The average molecular weight is 404 g/mol. The molecule has 1 aromatic carbocycles. The second-order valence-electron chi connectivity index (χ2n) is 6.46. The van der Waals surface area contributed by atoms with Crippen molar-refractivity contribution >= 4 is 23.4 Å². The number of hydrogen-bond donors (Lipinski definition) is 0. The Morgan fingerprint density at radius 1 is 0.966 bits per heavy atom. The minimum atomic E-state index is 0.0261. The molecule has 0 spiro atoms. The molecule has 1 aliphatic heterocycles. The lowest BCUT2D eigenvalue weighted by Crippen LogP contribution is -2.30. The number of nitrogens with zero attached hydrogens (tertiary/aromatic N) is 4. The highest BCUT2D eigenvalue weighted by molar-refractivity contribution is 7.99. The predicted molar refractivity (Wildman–Crippen MR) is 108 cm³/mol. The number of benzene rings is 1. The van der Waals surface area contributed by atoms with Gasteiger partial charge < -0.3 is 13.7 Å². The predicted octanol–water partition coefficient (Wildman–Crippen LogP) is 4.07. The number of amides is 1. The van der Waals surface area contributed by atoms with Crippen LogP contribution in [0.3, 0.4) is 0 Å². The molecular formula is C21H16N4O3S. The molecule has 1 amide bonds. The lowest BCUT2D eigenvalue weighted by molar-refractivity contribution is -0.116. The second-order valence-corrected chi connectivity index (χ2v) is 7.40. The van der Waals surface area contributed by atoms with E-state index < -0.39 is 0 Å². The van der Waals surface area contributed by atoms with Gasteiger partial charge in [0.05, 0.1) is 18.3 Å². The molecule has 0 N–H and O–H groups in total. The Bertz CT molecular complexity index is 1140. The first-order chi connectivity index (χ1) is 14.3. The summed E-state index contributed by atoms with van der Waals surface area (Å²) in [5.74, 6) is 1.37. The van der Waals surface area contributed by atoms with Crippen LogP contribution in [0.5, 0.6) is 0 Å². The van der Waals surface area contributed by atoms with E-state index in [0.717, 1.165) is 12.1 Å². The lowest BCUT2D eigenvalue weighted by Gasteiger charge is -2.16. The minimum Gasteiger partial charge on any atom is -0.463 e. The highest BCUT2D eigenvalue weighted by Crippen LogP contribution is 2.31. The first-order valence-electron chi connectivity index (χ1n) is 9.13. The van der Waals surface area contributed by atoms with Crippen molar-refractivity contribution in [3.63, 3.8) is 0 Å². The van der Waals surface area contributed by atoms with Gasteiger partial charge in [-0.1, -0.05) is 30.0 Å². The van der Waals surface area contributed by atoms with Gasteiger partial charge in [0.25, 0.3) is 0 Å². The molecule has 7 nitrogen and oxygen atoms in total. The Balaban J connectivity index is 1.37. The summed E-state index contributed by atoms with van der Waals surface area (Å²) in [6.07, 6.45) is 4.02. The number of rotatable bonds is 5. The first-order valence-corrected chi connectivity index (χ1v) is 10.1. The van der Waals surface area contributed by atoms with E-state index in [1.807, 2.05) is 23.1 Å². The van der Waals surface area contributed by atoms with Gasteiger partial charge in [0.1, 0.15) is 5.69 Å². The molecule has 0 atom stereocenters. The third-order valence-corrected chi connectivity index (χ3v) is 5.51. The number of carbonyl (C=O) groups is 1. The van der Waals surface area contributed by atoms with Crippen LogP contribution in [-0.4, -0.2) is 33.4 Å². The van der Waals surface area contributed by atoms with Gasteiger partial charge in [-0.05, 0) is 42.3 Å². The average Bonchev–Trinajstić information content (AvgIpc) is 3.53. The van der Waals surface area contributed by atoms with Gasteiger partial charge in [0.2, 0.25) is 11.1 Å². The van der Waals surface area contributed by atoms with Crippen LogP contribution in [0.4, 0.5) is 5.69 Å². The molecule has 144 valence electrons. The monoisotopic (exact) mass is 404 g/mol. The minimum absolute atomic E-state index is 0.0261. The van der Waals surface area contributed by atoms with Crippen molar-refractivity contribution in [2.45, 2.75) is 11.6 Å². The largest absolute Gasteiger partial charge is 0.463 e. The number of hydrogen-bond acceptors (Lipinski definition) is 7. The molecule has 4 heterocycles. The molecule has 0 unspecified atom stereocenters. The quantitative estimate of drug-likeness (QED) is 0.464. The Morgan fingerprint density at radius 2 is 1.72 bits per heavy atom. The van der Waals surface area contributed by atoms with E-state index in [0.29, 0.717) is 34.6 Å². The van der Waals surface area contributed by atoms with Crippen molar-refractivity contribution < 1.29 is 13.6 Å². The van der Waals surface area contributed by atoms with Gasteiger partial charge in [0.15, 0.2) is 17.2 Å². The van der Waals surface area contributed by atoms with Crippen LogP contribution in [0.1, 0.15) is 5.56 Å². The Morgan fingerprint density at radius 3 is 2.48 bits per heavy atom. The fourth-order valence-electron chi connectivity index (χ4n) is 3.34. The van der Waals surface area contributed by atoms with E-state index in [2.05, 4.69) is 21.2 Å². The Kier molecular flexibility index (Phi) is 4.61. The van der Waals surface area contributed by atoms with Crippen molar-refractivity contribution in [2.75, 3.05) is 17.2 Å². The molecule has 0 saturated heterocycles. The zero-order valence-corrected chi connectivity index (χ0v) is 16.1. The highest BCUT2D eigenvalue weighted by Gasteiger charge is 2.25. The fourth-order valence-corrected chi connectivity index (χ4v) is 4.00. The van der Waals surface area contributed by atoms with E-state index in [1.54, 1.807) is 36.8 Å². The Labute approximate surface area is 170 Å². The van der Waals surface area contributed by atoms with Gasteiger partial charge in [0, 0.05) is 12.2 Å². The van der Waals surface area contributed by atoms with Crippen LogP contribution in [0.25, 0.3) is 22.9 Å². The van der Waals surface area contributed by atoms with Gasteiger partial charge >= 0.3 is 0 Å². The van der Waals surface area contributed by atoms with Crippen LogP contribution in [0.15, 0.2) is 75.0 Å². The number of furan rings is 2. The number of fused-ring (bicyclic) bond motifs is 1. The molecule has 0 saturated carbocycles. The van der Waals surface area contributed by atoms with Crippen LogP contribution >= 0.6 is 11.8 Å². The maximum atomic E-state index is 12.7. The first kappa shape index (κ1) is 17.7. The number of thioether (sulfide) groups is 1. The molecule has 0 fully saturated rings. The van der Waals surface area contributed by atoms with Gasteiger partial charge in [-0.25, -0.2) is 4.98 Å². The zero-order chi connectivity index (χ0) is 19.6. The van der Waals surface area contributed by atoms with Crippen molar-refractivity contribution in [1.29, 1.82) is 0 Å². The molecule has 8 heteroatoms. The standard InChI is InChI=1S/C21H16N4O3S/c26-18(25-10-9-14-5-1-2-6-15(14)25)13-29-21-22-19(16-7-3-11-27-16)20(23-24-21)17-8-4-12-28-17/h1-8,11-12H,9-10,13H2. The van der Waals surface area contributed by atoms with E-state index in [-0.39, 0.29) is 11.7 Å². The SMILES string of the molecule is O=C(CSc1nnc(-c2ccco2)c(-c2ccco2)n1)N1CCc2ccccc21. The number of anilines is 1. The molecule has 0 radical (unpaired) electrons. The zero-order valence-electron chi connectivity index (χ0n) is 15.3. The van der Waals surface area contributed by atoms with Crippen molar-refractivity contribution in [2.24, 2.45) is 0 Å². The number of carbonyl (C=O) groups excluding carboxylic acids is 1. The molecule has 0 aliphatic carbocycles. The maximum Gasteiger partial charge on any atom is 0.237 e. The molecule has 4 aromatic rings. The molecule has 0 bridgehead atoms. The summed E-state index contributed by atoms with van der Waals surface area (Å²) < 4.78 is 10.9. The smallest absolute Gasteiger partial charge is 0.237 e. The van der Waals surface area contributed by atoms with Crippen molar-refractivity contribution in [3.05, 3.63) is 66.6 Å². The van der Waals surface area contributed by atoms with Gasteiger partial charge in [-0.3, -0.25) is 4.79 Å². The topological polar surface area (TPSA) is 85.3 Å². The lowest BCUT2D eigenvalue weighted by atomic mass is 10.2. The van der Waals surface area contributed by atoms with Gasteiger partial charge in [-0.15, -0.1) is 10.2 Å². The summed E-state index contributed by atoms with van der Waals surface area (Å²) in [6.45, 7) is 0.701. The van der Waals surface area contributed by atoms with Crippen LogP contribution in [0, 0.1) is 0 Å². The molecule has 1 aliphatic rings. The normalized spacial score (nSPS) is 12.9. The van der Waals surface area contributed by atoms with E-state index >= 15 is 0 Å². The third-order valence-electron chi connectivity index (χ3n) is 4.69. The van der Waals surface area contributed by atoms with Crippen LogP contribution in [-0.2, 0) is 11.2 Å². The van der Waals surface area contributed by atoms with E-state index in [4.69, 9.17) is 8.83 Å². The van der Waals surface area contributed by atoms with E-state index in [1.165, 1.54) is 17.3 Å². The maximum absolute atomic E-state index is 12.7. The van der Waals surface area contributed by atoms with Gasteiger partial charge in [-0.2, -0.15) is 0 Å². The summed E-state index contributed by atoms with van der Waals surface area (Å²) in [7, 11) is 0. The van der Waals surface area contributed by atoms with Crippen LogP contribution < -0.4 is 4.90 Å². The number of aromatic nitrogens is 3. The molecule has 5 rings (SSSR count). The number of para-hydroxylation sites is 1. The molecule has 29 heavy (non-hydrogen) atoms. The summed E-state index contributed by atoms with van der Waals surface area (Å²) >= 11 is 1.26. The molecule has 3 aromatic heterocycles. The molecular weight excluding hydrogens is 388 g/mol. The summed E-state index contributed by atoms with van der Waals surface area (Å²) in [6, 6.07) is 15.1.